The van der Waals surface area contributed by atoms with E-state index in [1.807, 2.05) is 54.6 Å². The monoisotopic (exact) mass is 670 g/mol. The molecule has 0 aliphatic carbocycles. The number of hydrogen-bond donors (Lipinski definition) is 2. The summed E-state index contributed by atoms with van der Waals surface area (Å²) in [6.45, 7) is 5.38. The van der Waals surface area contributed by atoms with Crippen LogP contribution in [0.15, 0.2) is 102 Å². The molecule has 0 aromatic heterocycles. The van der Waals surface area contributed by atoms with Crippen LogP contribution >= 0.6 is 0 Å². The summed E-state index contributed by atoms with van der Waals surface area (Å²) in [5.41, 5.74) is 0.826. The number of carbonyl (C=O) groups is 2. The second-order valence-electron chi connectivity index (χ2n) is 12.8. The lowest BCUT2D eigenvalue weighted by Gasteiger charge is -2.31. The van der Waals surface area contributed by atoms with Crippen LogP contribution in [-0.2, 0) is 25.6 Å². The Morgan fingerprint density at radius 1 is 0.918 bits per heavy atom. The van der Waals surface area contributed by atoms with Gasteiger partial charge in [-0.05, 0) is 74.2 Å². The van der Waals surface area contributed by atoms with Crippen molar-refractivity contribution in [3.63, 3.8) is 0 Å². The molecule has 0 spiro atoms. The van der Waals surface area contributed by atoms with E-state index in [1.54, 1.807) is 45.0 Å². The molecule has 2 N–H and O–H groups in total. The summed E-state index contributed by atoms with van der Waals surface area (Å²) in [5.74, 6) is -1.90. The Kier molecular flexibility index (Phi) is 11.1. The van der Waals surface area contributed by atoms with Crippen LogP contribution in [0.1, 0.15) is 62.8 Å². The van der Waals surface area contributed by atoms with E-state index in [4.69, 9.17) is 24.3 Å². The van der Waals surface area contributed by atoms with Crippen molar-refractivity contribution in [2.75, 3.05) is 13.2 Å². The molecule has 1 aliphatic rings. The van der Waals surface area contributed by atoms with E-state index in [2.05, 4.69) is 5.32 Å². The number of esters is 1. The minimum Gasteiger partial charge on any atom is -0.494 e. The van der Waals surface area contributed by atoms with E-state index in [0.717, 1.165) is 23.3 Å². The highest BCUT2D eigenvalue weighted by atomic mass is 19.1. The second kappa shape index (κ2) is 15.4. The number of rotatable bonds is 13. The molecule has 0 fully saturated rings. The van der Waals surface area contributed by atoms with E-state index in [9.17, 15) is 18.4 Å². The van der Waals surface area contributed by atoms with Crippen molar-refractivity contribution in [1.82, 2.24) is 5.32 Å². The third kappa shape index (κ3) is 8.88. The molecule has 0 bridgehead atoms. The van der Waals surface area contributed by atoms with Gasteiger partial charge in [0.2, 0.25) is 5.90 Å². The Hall–Kier alpha value is -5.09. The molecular formula is C39H40F2N2O6. The third-order valence-electron chi connectivity index (χ3n) is 7.94. The molecule has 0 unspecified atom stereocenters. The molecule has 10 heteroatoms. The molecule has 49 heavy (non-hydrogen) atoms. The number of carbonyl (C=O) groups excluding carboxylic acids is 2. The summed E-state index contributed by atoms with van der Waals surface area (Å²) in [7, 11) is 0. The van der Waals surface area contributed by atoms with Gasteiger partial charge in [-0.1, -0.05) is 60.7 Å². The number of nitrogens with zero attached hydrogens (tertiary/aromatic N) is 1. The van der Waals surface area contributed by atoms with E-state index < -0.39 is 40.8 Å². The molecule has 4 aromatic rings. The van der Waals surface area contributed by atoms with E-state index in [0.29, 0.717) is 29.9 Å². The topological polar surface area (TPSA) is 106 Å². The number of nitrogens with one attached hydrogen (secondary N) is 1. The molecule has 0 saturated carbocycles. The van der Waals surface area contributed by atoms with Crippen molar-refractivity contribution in [2.45, 2.75) is 63.8 Å². The first kappa shape index (κ1) is 35.2. The van der Waals surface area contributed by atoms with Crippen molar-refractivity contribution in [3.8, 4) is 16.9 Å². The summed E-state index contributed by atoms with van der Waals surface area (Å²) in [4.78, 5) is 32.3. The summed E-state index contributed by atoms with van der Waals surface area (Å²) >= 11 is 0. The number of benzene rings is 4. The van der Waals surface area contributed by atoms with Crippen LogP contribution in [0.25, 0.3) is 11.1 Å². The Morgan fingerprint density at radius 2 is 1.59 bits per heavy atom. The van der Waals surface area contributed by atoms with Gasteiger partial charge < -0.3 is 24.6 Å². The van der Waals surface area contributed by atoms with Gasteiger partial charge >= 0.3 is 5.97 Å². The Bertz CT molecular complexity index is 1770. The fourth-order valence-corrected chi connectivity index (χ4v) is 5.53. The van der Waals surface area contributed by atoms with E-state index >= 15 is 0 Å². The molecule has 2 atom stereocenters. The standard InChI is InChI=1S/C39H40F2N2O6/c1-38(2,3)49-34(45)20-21-39(37(46)42-25-30-14-17-31(40)24-33(30)41)35(28-12-10-27(11-13-28)26-8-5-4-6-9-26)48-36(43-39)29-15-18-32(19-16-29)47-23-7-22-44/h4-6,8-19,24,35,44H,7,20-23,25H2,1-3H3,(H,42,46)/t35-,39-/m1/s1. The maximum Gasteiger partial charge on any atom is 0.306 e. The van der Waals surface area contributed by atoms with Crippen LogP contribution in [-0.4, -0.2) is 47.2 Å². The van der Waals surface area contributed by atoms with E-state index in [-0.39, 0.29) is 37.5 Å². The Balaban J connectivity index is 1.53. The number of aliphatic imine (C=N–C) groups is 1. The second-order valence-corrected chi connectivity index (χ2v) is 12.8. The van der Waals surface area contributed by atoms with Gasteiger partial charge in [0.05, 0.1) is 6.61 Å². The fraction of sp³-hybridized carbons (Fsp3) is 0.308. The van der Waals surface area contributed by atoms with Gasteiger partial charge in [-0.15, -0.1) is 0 Å². The lowest BCUT2D eigenvalue weighted by Crippen LogP contribution is -2.48. The molecule has 0 saturated heterocycles. The van der Waals surface area contributed by atoms with Crippen LogP contribution in [0.3, 0.4) is 0 Å². The Labute approximate surface area is 284 Å². The smallest absolute Gasteiger partial charge is 0.306 e. The summed E-state index contributed by atoms with van der Waals surface area (Å²) in [6, 6.07) is 27.5. The van der Waals surface area contributed by atoms with Crippen LogP contribution in [0, 0.1) is 11.6 Å². The predicted molar refractivity (Wildman–Crippen MR) is 182 cm³/mol. The molecule has 256 valence electrons. The molecule has 4 aromatic carbocycles. The molecule has 5 rings (SSSR count). The Morgan fingerprint density at radius 3 is 2.24 bits per heavy atom. The maximum absolute atomic E-state index is 14.6. The van der Waals surface area contributed by atoms with Crippen LogP contribution < -0.4 is 10.1 Å². The first-order valence-electron chi connectivity index (χ1n) is 16.2. The van der Waals surface area contributed by atoms with Gasteiger partial charge in [0, 0.05) is 43.2 Å². The minimum absolute atomic E-state index is 0.0116. The number of aliphatic hydroxyl groups excluding tert-OH is 1. The zero-order valence-corrected chi connectivity index (χ0v) is 27.7. The maximum atomic E-state index is 14.6. The largest absolute Gasteiger partial charge is 0.494 e. The molecule has 8 nitrogen and oxygen atoms in total. The van der Waals surface area contributed by atoms with Crippen molar-refractivity contribution < 1.29 is 37.7 Å². The van der Waals surface area contributed by atoms with Gasteiger partial charge in [0.1, 0.15) is 23.0 Å². The zero-order chi connectivity index (χ0) is 35.0. The minimum atomic E-state index is -1.67. The average Bonchev–Trinajstić information content (AvgIpc) is 3.48. The number of hydrogen-bond acceptors (Lipinski definition) is 7. The van der Waals surface area contributed by atoms with Crippen LogP contribution in [0.4, 0.5) is 8.78 Å². The molecule has 1 heterocycles. The van der Waals surface area contributed by atoms with Crippen molar-refractivity contribution in [3.05, 3.63) is 125 Å². The molecular weight excluding hydrogens is 630 g/mol. The first-order valence-corrected chi connectivity index (χ1v) is 16.2. The third-order valence-corrected chi connectivity index (χ3v) is 7.94. The first-order chi connectivity index (χ1) is 23.5. The number of amides is 1. The van der Waals surface area contributed by atoms with Gasteiger partial charge in [-0.25, -0.2) is 13.8 Å². The van der Waals surface area contributed by atoms with Crippen LogP contribution in [0.5, 0.6) is 5.75 Å². The zero-order valence-electron chi connectivity index (χ0n) is 27.7. The quantitative estimate of drug-likeness (QED) is 0.116. The normalized spacial score (nSPS) is 17.2. The molecule has 0 radical (unpaired) electrons. The fourth-order valence-electron chi connectivity index (χ4n) is 5.53. The lowest BCUT2D eigenvalue weighted by atomic mass is 9.83. The summed E-state index contributed by atoms with van der Waals surface area (Å²) < 4.78 is 46.0. The highest BCUT2D eigenvalue weighted by molar-refractivity contribution is 6.01. The number of halogens is 2. The van der Waals surface area contributed by atoms with Gasteiger partial charge in [0.25, 0.3) is 5.91 Å². The summed E-state index contributed by atoms with van der Waals surface area (Å²) in [6.07, 6.45) is -0.740. The van der Waals surface area contributed by atoms with Gasteiger partial charge in [-0.2, -0.15) is 0 Å². The molecule has 1 amide bonds. The molecule has 1 aliphatic heterocycles. The van der Waals surface area contributed by atoms with Gasteiger partial charge in [0.15, 0.2) is 11.6 Å². The highest BCUT2D eigenvalue weighted by Crippen LogP contribution is 2.44. The van der Waals surface area contributed by atoms with Crippen molar-refractivity contribution in [1.29, 1.82) is 0 Å². The highest BCUT2D eigenvalue weighted by Gasteiger charge is 2.53. The van der Waals surface area contributed by atoms with E-state index in [1.165, 1.54) is 6.07 Å². The van der Waals surface area contributed by atoms with Crippen molar-refractivity contribution >= 4 is 17.8 Å². The van der Waals surface area contributed by atoms with Crippen LogP contribution in [0.2, 0.25) is 0 Å². The lowest BCUT2D eigenvalue weighted by molar-refractivity contribution is -0.155. The van der Waals surface area contributed by atoms with Crippen molar-refractivity contribution in [2.24, 2.45) is 4.99 Å². The number of aliphatic hydroxyl groups is 1. The number of ether oxygens (including phenoxy) is 3. The van der Waals surface area contributed by atoms with Gasteiger partial charge in [-0.3, -0.25) is 9.59 Å². The average molecular weight is 671 g/mol. The SMILES string of the molecule is CC(C)(C)OC(=O)CC[C@@]1(C(=O)NCc2ccc(F)cc2F)N=C(c2ccc(OCCCO)cc2)O[C@@H]1c1ccc(-c2ccccc2)cc1. The predicted octanol–water partition coefficient (Wildman–Crippen LogP) is 7.09. The summed E-state index contributed by atoms with van der Waals surface area (Å²) in [5, 5.41) is 11.9.